The van der Waals surface area contributed by atoms with Crippen LogP contribution in [0.15, 0.2) is 48.5 Å². The Balaban J connectivity index is 1.55. The molecule has 2 N–H and O–H groups in total. The Hall–Kier alpha value is -3.37. The van der Waals surface area contributed by atoms with Gasteiger partial charge in [-0.3, -0.25) is 9.59 Å². The second kappa shape index (κ2) is 8.64. The van der Waals surface area contributed by atoms with Gasteiger partial charge in [-0.25, -0.2) is 13.1 Å². The topological polar surface area (TPSA) is 119 Å². The smallest absolute Gasteiger partial charge is 0.314 e. The van der Waals surface area contributed by atoms with Gasteiger partial charge in [0.15, 0.2) is 9.84 Å². The molecule has 0 atom stereocenters. The zero-order valence-electron chi connectivity index (χ0n) is 17.0. The average molecular weight is 475 g/mol. The van der Waals surface area contributed by atoms with Crippen LogP contribution in [-0.4, -0.2) is 37.1 Å². The fourth-order valence-corrected chi connectivity index (χ4v) is 4.97. The van der Waals surface area contributed by atoms with Gasteiger partial charge < -0.3 is 15.4 Å². The van der Waals surface area contributed by atoms with Crippen molar-refractivity contribution in [3.05, 3.63) is 70.4 Å². The molecule has 0 radical (unpaired) electrons. The quantitative estimate of drug-likeness (QED) is 0.547. The van der Waals surface area contributed by atoms with Crippen LogP contribution in [0.5, 0.6) is 5.75 Å². The van der Waals surface area contributed by atoms with E-state index in [1.807, 2.05) is 0 Å². The van der Waals surface area contributed by atoms with E-state index in [0.717, 1.165) is 5.56 Å². The number of fused-ring (bicyclic) bond motifs is 1. The van der Waals surface area contributed by atoms with Crippen LogP contribution in [0.3, 0.4) is 0 Å². The molecule has 0 saturated heterocycles. The number of anilines is 1. The maximum Gasteiger partial charge on any atom is 0.314 e. The monoisotopic (exact) mass is 474 g/mol. The number of amides is 2. The third-order valence-corrected chi connectivity index (χ3v) is 6.58. The van der Waals surface area contributed by atoms with Gasteiger partial charge in [0.1, 0.15) is 11.6 Å². The van der Waals surface area contributed by atoms with Crippen LogP contribution in [0.2, 0.25) is 5.02 Å². The second-order valence-corrected chi connectivity index (χ2v) is 9.68. The van der Waals surface area contributed by atoms with Gasteiger partial charge in [0.25, 0.3) is 0 Å². The molecular formula is C21H19ClN4O5S. The first-order valence-corrected chi connectivity index (χ1v) is 11.7. The molecule has 0 aliphatic carbocycles. The number of nitrogens with zero attached hydrogens (tertiary/aromatic N) is 2. The van der Waals surface area contributed by atoms with Crippen molar-refractivity contribution in [2.24, 2.45) is 0 Å². The lowest BCUT2D eigenvalue weighted by Crippen LogP contribution is -2.35. The number of rotatable bonds is 5. The SMILES string of the molecule is COc1cccc(CNC(=O)C(=O)Nc2c3c(nn2-c2ccc(Cl)cc2)CS(=O)(=O)C3)c1. The van der Waals surface area contributed by atoms with Crippen LogP contribution in [0.4, 0.5) is 5.82 Å². The lowest BCUT2D eigenvalue weighted by Gasteiger charge is -2.11. The molecule has 9 nitrogen and oxygen atoms in total. The number of carbonyl (C=O) groups is 2. The molecule has 11 heteroatoms. The minimum absolute atomic E-state index is 0.117. The Morgan fingerprint density at radius 2 is 1.88 bits per heavy atom. The highest BCUT2D eigenvalue weighted by Gasteiger charge is 2.33. The van der Waals surface area contributed by atoms with Gasteiger partial charge in [0.05, 0.1) is 30.0 Å². The van der Waals surface area contributed by atoms with E-state index in [1.165, 1.54) is 11.8 Å². The number of ether oxygens (including phenoxy) is 1. The molecule has 0 spiro atoms. The van der Waals surface area contributed by atoms with Crippen LogP contribution in [-0.2, 0) is 37.5 Å². The summed E-state index contributed by atoms with van der Waals surface area (Å²) < 4.78 is 30.7. The first-order valence-electron chi connectivity index (χ1n) is 9.55. The van der Waals surface area contributed by atoms with Crippen molar-refractivity contribution in [3.8, 4) is 11.4 Å². The summed E-state index contributed by atoms with van der Waals surface area (Å²) in [5.41, 5.74) is 2.03. The minimum atomic E-state index is -3.36. The van der Waals surface area contributed by atoms with Crippen molar-refractivity contribution < 1.29 is 22.7 Å². The first kappa shape index (κ1) is 21.8. The summed E-state index contributed by atoms with van der Waals surface area (Å²) in [4.78, 5) is 25.0. The summed E-state index contributed by atoms with van der Waals surface area (Å²) in [6.07, 6.45) is 0. The summed E-state index contributed by atoms with van der Waals surface area (Å²) in [6.45, 7) is 0.117. The van der Waals surface area contributed by atoms with Crippen molar-refractivity contribution in [3.63, 3.8) is 0 Å². The van der Waals surface area contributed by atoms with Crippen molar-refractivity contribution in [1.29, 1.82) is 0 Å². The second-order valence-electron chi connectivity index (χ2n) is 7.18. The Morgan fingerprint density at radius 1 is 1.12 bits per heavy atom. The molecule has 2 heterocycles. The van der Waals surface area contributed by atoms with Crippen molar-refractivity contribution >= 4 is 39.1 Å². The summed E-state index contributed by atoms with van der Waals surface area (Å²) in [5.74, 6) is -1.53. The van der Waals surface area contributed by atoms with Gasteiger partial charge in [0.2, 0.25) is 0 Å². The molecule has 0 unspecified atom stereocenters. The van der Waals surface area contributed by atoms with E-state index in [9.17, 15) is 18.0 Å². The van der Waals surface area contributed by atoms with E-state index in [2.05, 4.69) is 15.7 Å². The number of benzene rings is 2. The number of nitrogens with one attached hydrogen (secondary N) is 2. The van der Waals surface area contributed by atoms with E-state index in [0.29, 0.717) is 27.7 Å². The van der Waals surface area contributed by atoms with Gasteiger partial charge in [-0.15, -0.1) is 0 Å². The Morgan fingerprint density at radius 3 is 2.59 bits per heavy atom. The van der Waals surface area contributed by atoms with E-state index in [4.69, 9.17) is 16.3 Å². The van der Waals surface area contributed by atoms with Gasteiger partial charge in [-0.2, -0.15) is 5.10 Å². The largest absolute Gasteiger partial charge is 0.497 e. The summed E-state index contributed by atoms with van der Waals surface area (Å²) in [5, 5.41) is 9.93. The van der Waals surface area contributed by atoms with E-state index in [-0.39, 0.29) is 23.9 Å². The summed E-state index contributed by atoms with van der Waals surface area (Å²) in [7, 11) is -1.82. The number of sulfone groups is 1. The molecular weight excluding hydrogens is 456 g/mol. The highest BCUT2D eigenvalue weighted by Crippen LogP contribution is 2.33. The van der Waals surface area contributed by atoms with Gasteiger partial charge in [-0.05, 0) is 42.0 Å². The zero-order valence-corrected chi connectivity index (χ0v) is 18.5. The standard InChI is InChI=1S/C21H19ClN4O5S/c1-31-16-4-2-3-13(9-16)10-23-20(27)21(28)24-19-17-11-32(29,30)12-18(17)25-26(19)15-7-5-14(22)6-8-15/h2-9H,10-12H2,1H3,(H,23,27)(H,24,28). The summed E-state index contributed by atoms with van der Waals surface area (Å²) in [6, 6.07) is 13.7. The van der Waals surface area contributed by atoms with Crippen molar-refractivity contribution in [1.82, 2.24) is 15.1 Å². The normalized spacial score (nSPS) is 13.9. The lowest BCUT2D eigenvalue weighted by atomic mass is 10.2. The van der Waals surface area contributed by atoms with Crippen LogP contribution >= 0.6 is 11.6 Å². The minimum Gasteiger partial charge on any atom is -0.497 e. The predicted octanol–water partition coefficient (Wildman–Crippen LogP) is 2.22. The lowest BCUT2D eigenvalue weighted by molar-refractivity contribution is -0.136. The molecule has 0 fully saturated rings. The molecule has 1 aliphatic heterocycles. The number of hydrogen-bond acceptors (Lipinski definition) is 6. The van der Waals surface area contributed by atoms with E-state index >= 15 is 0 Å². The number of aromatic nitrogens is 2. The Kier molecular flexibility index (Phi) is 5.90. The third kappa shape index (κ3) is 4.61. The van der Waals surface area contributed by atoms with Crippen LogP contribution in [0.1, 0.15) is 16.8 Å². The summed E-state index contributed by atoms with van der Waals surface area (Å²) >= 11 is 5.94. The van der Waals surface area contributed by atoms with Crippen molar-refractivity contribution in [2.45, 2.75) is 18.1 Å². The molecule has 166 valence electrons. The Bertz CT molecular complexity index is 1300. The average Bonchev–Trinajstić information content (AvgIpc) is 3.24. The van der Waals surface area contributed by atoms with Crippen molar-refractivity contribution in [2.75, 3.05) is 12.4 Å². The number of hydrogen-bond donors (Lipinski definition) is 2. The van der Waals surface area contributed by atoms with Crippen LogP contribution in [0.25, 0.3) is 5.69 Å². The molecule has 32 heavy (non-hydrogen) atoms. The van der Waals surface area contributed by atoms with Gasteiger partial charge >= 0.3 is 11.8 Å². The molecule has 0 bridgehead atoms. The zero-order chi connectivity index (χ0) is 22.9. The van der Waals surface area contributed by atoms with Gasteiger partial charge in [0, 0.05) is 17.1 Å². The molecule has 3 aromatic rings. The molecule has 1 aliphatic rings. The van der Waals surface area contributed by atoms with Crippen LogP contribution < -0.4 is 15.4 Å². The van der Waals surface area contributed by atoms with Crippen LogP contribution in [0, 0.1) is 0 Å². The Labute approximate surface area is 189 Å². The van der Waals surface area contributed by atoms with E-state index in [1.54, 1.807) is 48.5 Å². The fraction of sp³-hybridized carbons (Fsp3) is 0.190. The maximum absolute atomic E-state index is 12.6. The molecule has 1 aromatic heterocycles. The van der Waals surface area contributed by atoms with Gasteiger partial charge in [-0.1, -0.05) is 23.7 Å². The predicted molar refractivity (Wildman–Crippen MR) is 118 cm³/mol. The molecule has 2 amide bonds. The third-order valence-electron chi connectivity index (χ3n) is 4.88. The number of carbonyl (C=O) groups excluding carboxylic acids is 2. The highest BCUT2D eigenvalue weighted by molar-refractivity contribution is 7.90. The fourth-order valence-electron chi connectivity index (χ4n) is 3.35. The molecule has 0 saturated carbocycles. The highest BCUT2D eigenvalue weighted by atomic mass is 35.5. The van der Waals surface area contributed by atoms with E-state index < -0.39 is 21.7 Å². The number of halogens is 1. The first-order chi connectivity index (χ1) is 15.3. The number of methoxy groups -OCH3 is 1. The molecule has 4 rings (SSSR count). The molecule has 2 aromatic carbocycles. The maximum atomic E-state index is 12.6.